The van der Waals surface area contributed by atoms with E-state index >= 15 is 0 Å². The molecule has 0 unspecified atom stereocenters. The highest BCUT2D eigenvalue weighted by Crippen LogP contribution is 2.29. The highest BCUT2D eigenvalue weighted by molar-refractivity contribution is 6.32. The molecule has 34 heavy (non-hydrogen) atoms. The molecule has 2 aromatic carbocycles. The summed E-state index contributed by atoms with van der Waals surface area (Å²) >= 11 is 6.21. The predicted molar refractivity (Wildman–Crippen MR) is 131 cm³/mol. The first kappa shape index (κ1) is 24.5. The summed E-state index contributed by atoms with van der Waals surface area (Å²) in [6.07, 6.45) is 0.926. The molecule has 0 aliphatic carbocycles. The summed E-state index contributed by atoms with van der Waals surface area (Å²) in [5, 5.41) is 11.5. The summed E-state index contributed by atoms with van der Waals surface area (Å²) in [6.45, 7) is 10.0. The van der Waals surface area contributed by atoms with E-state index in [1.54, 1.807) is 30.3 Å². The Balaban J connectivity index is 1.42. The van der Waals surface area contributed by atoms with Crippen LogP contribution < -0.4 is 14.9 Å². The maximum Gasteiger partial charge on any atom is 0.235 e. The Morgan fingerprint density at radius 2 is 1.79 bits per heavy atom. The second-order valence-corrected chi connectivity index (χ2v) is 9.38. The van der Waals surface area contributed by atoms with E-state index < -0.39 is 6.10 Å². The molecular formula is C26H30ClNO6. The zero-order valence-corrected chi connectivity index (χ0v) is 20.6. The molecule has 1 fully saturated rings. The van der Waals surface area contributed by atoms with Crippen LogP contribution >= 0.6 is 11.6 Å². The van der Waals surface area contributed by atoms with Gasteiger partial charge in [0.15, 0.2) is 0 Å². The number of ether oxygens (including phenoxy) is 3. The average molecular weight is 488 g/mol. The molecule has 3 atom stereocenters. The van der Waals surface area contributed by atoms with E-state index in [1.165, 1.54) is 6.26 Å². The zero-order valence-electron chi connectivity index (χ0n) is 19.8. The first-order chi connectivity index (χ1) is 16.2. The van der Waals surface area contributed by atoms with Crippen molar-refractivity contribution in [3.63, 3.8) is 0 Å². The first-order valence-corrected chi connectivity index (χ1v) is 11.8. The number of hydrogen-bond acceptors (Lipinski definition) is 7. The molecule has 1 aliphatic rings. The number of benzene rings is 2. The molecule has 0 amide bonds. The van der Waals surface area contributed by atoms with Crippen LogP contribution in [-0.2, 0) is 4.74 Å². The molecule has 1 N–H and O–H groups in total. The number of aliphatic hydroxyl groups is 1. The van der Waals surface area contributed by atoms with Crippen LogP contribution in [-0.4, -0.2) is 54.6 Å². The van der Waals surface area contributed by atoms with Gasteiger partial charge in [-0.25, -0.2) is 0 Å². The molecule has 2 heterocycles. The number of aryl methyl sites for hydroxylation is 2. The number of rotatable bonds is 7. The third-order valence-electron chi connectivity index (χ3n) is 5.76. The van der Waals surface area contributed by atoms with Gasteiger partial charge in [-0.3, -0.25) is 9.69 Å². The van der Waals surface area contributed by atoms with Crippen molar-refractivity contribution in [3.05, 3.63) is 63.0 Å². The summed E-state index contributed by atoms with van der Waals surface area (Å²) in [6, 6.07) is 8.52. The van der Waals surface area contributed by atoms with E-state index in [1.807, 2.05) is 27.7 Å². The molecule has 1 aliphatic heterocycles. The Hall–Kier alpha value is -2.58. The second-order valence-electron chi connectivity index (χ2n) is 9.00. The van der Waals surface area contributed by atoms with Crippen molar-refractivity contribution in [2.75, 3.05) is 26.2 Å². The highest BCUT2D eigenvalue weighted by atomic mass is 35.5. The Labute approximate surface area is 203 Å². The van der Waals surface area contributed by atoms with Crippen LogP contribution in [0.1, 0.15) is 25.0 Å². The van der Waals surface area contributed by atoms with E-state index in [0.29, 0.717) is 34.0 Å². The quantitative estimate of drug-likeness (QED) is 0.517. The normalized spacial score (nSPS) is 19.8. The fraction of sp³-hybridized carbons (Fsp3) is 0.423. The Kier molecular flexibility index (Phi) is 7.48. The first-order valence-electron chi connectivity index (χ1n) is 11.4. The molecule has 7 nitrogen and oxygen atoms in total. The van der Waals surface area contributed by atoms with Crippen LogP contribution in [0.5, 0.6) is 17.2 Å². The molecule has 0 radical (unpaired) electrons. The molecule has 3 aromatic rings. The molecule has 1 aromatic heterocycles. The molecule has 8 heteroatoms. The number of aliphatic hydroxyl groups excluding tert-OH is 1. The second kappa shape index (κ2) is 10.4. The van der Waals surface area contributed by atoms with Crippen LogP contribution in [0, 0.1) is 13.8 Å². The van der Waals surface area contributed by atoms with Gasteiger partial charge in [0.1, 0.15) is 36.1 Å². The monoisotopic (exact) mass is 487 g/mol. The van der Waals surface area contributed by atoms with Gasteiger partial charge in [-0.15, -0.1) is 0 Å². The zero-order chi connectivity index (χ0) is 24.4. The van der Waals surface area contributed by atoms with Gasteiger partial charge in [0.25, 0.3) is 0 Å². The predicted octanol–water partition coefficient (Wildman–Crippen LogP) is 4.70. The smallest absolute Gasteiger partial charge is 0.235 e. The minimum absolute atomic E-state index is 0.0895. The fourth-order valence-electron chi connectivity index (χ4n) is 4.32. The number of β-amino-alcohol motifs (C(OH)–C–C–N with tert-alkyl or cyclic N) is 1. The van der Waals surface area contributed by atoms with Crippen molar-refractivity contribution in [1.29, 1.82) is 0 Å². The van der Waals surface area contributed by atoms with Crippen LogP contribution in [0.15, 0.2) is 45.8 Å². The van der Waals surface area contributed by atoms with Crippen LogP contribution in [0.3, 0.4) is 0 Å². The summed E-state index contributed by atoms with van der Waals surface area (Å²) < 4.78 is 22.9. The lowest BCUT2D eigenvalue weighted by atomic mass is 10.1. The van der Waals surface area contributed by atoms with Crippen LogP contribution in [0.4, 0.5) is 0 Å². The number of halogens is 1. The van der Waals surface area contributed by atoms with Gasteiger partial charge in [-0.05, 0) is 63.1 Å². The minimum Gasteiger partial charge on any atom is -0.491 e. The largest absolute Gasteiger partial charge is 0.491 e. The molecular weight excluding hydrogens is 458 g/mol. The van der Waals surface area contributed by atoms with Crippen LogP contribution in [0.2, 0.25) is 5.02 Å². The van der Waals surface area contributed by atoms with E-state index in [9.17, 15) is 9.90 Å². The molecule has 0 saturated carbocycles. The van der Waals surface area contributed by atoms with Gasteiger partial charge < -0.3 is 23.7 Å². The molecule has 1 saturated heterocycles. The third kappa shape index (κ3) is 5.73. The van der Waals surface area contributed by atoms with Crippen molar-refractivity contribution in [1.82, 2.24) is 4.90 Å². The molecule has 0 spiro atoms. The highest BCUT2D eigenvalue weighted by Gasteiger charge is 2.24. The molecule has 4 rings (SSSR count). The van der Waals surface area contributed by atoms with Crippen molar-refractivity contribution in [2.45, 2.75) is 46.0 Å². The summed E-state index contributed by atoms with van der Waals surface area (Å²) in [5.41, 5.74) is 1.82. The lowest BCUT2D eigenvalue weighted by molar-refractivity contribution is -0.0786. The number of fused-ring (bicyclic) bond motifs is 1. The van der Waals surface area contributed by atoms with E-state index in [0.717, 1.165) is 24.2 Å². The number of nitrogens with zero attached hydrogens (tertiary/aromatic N) is 1. The summed E-state index contributed by atoms with van der Waals surface area (Å²) in [4.78, 5) is 15.1. The Morgan fingerprint density at radius 1 is 1.12 bits per heavy atom. The SMILES string of the molecule is Cc1cc(Oc2coc3cc(OC[C@H](O)CN4C[C@@H](C)O[C@@H](C)C4)ccc3c2=O)cc(C)c1Cl. The van der Waals surface area contributed by atoms with Gasteiger partial charge in [0, 0.05) is 30.7 Å². The average Bonchev–Trinajstić information content (AvgIpc) is 2.77. The minimum atomic E-state index is -0.651. The lowest BCUT2D eigenvalue weighted by Crippen LogP contribution is -2.48. The topological polar surface area (TPSA) is 81.4 Å². The summed E-state index contributed by atoms with van der Waals surface area (Å²) in [7, 11) is 0. The Bertz CT molecular complexity index is 1190. The van der Waals surface area contributed by atoms with Crippen molar-refractivity contribution in [3.8, 4) is 17.2 Å². The third-order valence-corrected chi connectivity index (χ3v) is 6.35. The van der Waals surface area contributed by atoms with Gasteiger partial charge in [-0.2, -0.15) is 0 Å². The van der Waals surface area contributed by atoms with E-state index in [-0.39, 0.29) is 30.0 Å². The Morgan fingerprint density at radius 3 is 2.47 bits per heavy atom. The maximum absolute atomic E-state index is 12.9. The fourth-order valence-corrected chi connectivity index (χ4v) is 4.43. The van der Waals surface area contributed by atoms with Crippen molar-refractivity contribution >= 4 is 22.6 Å². The summed E-state index contributed by atoms with van der Waals surface area (Å²) in [5.74, 6) is 1.12. The number of morpholine rings is 1. The van der Waals surface area contributed by atoms with Crippen LogP contribution in [0.25, 0.3) is 11.0 Å². The van der Waals surface area contributed by atoms with E-state index in [2.05, 4.69) is 4.90 Å². The van der Waals surface area contributed by atoms with Gasteiger partial charge in [0.2, 0.25) is 11.2 Å². The standard InChI is InChI=1S/C26H30ClNO6/c1-15-7-21(8-16(2)25(15)27)34-24-14-32-23-9-20(5-6-22(23)26(24)30)31-13-19(29)12-28-10-17(3)33-18(4)11-28/h5-9,14,17-19,29H,10-13H2,1-4H3/t17-,18+,19-/m1/s1. The van der Waals surface area contributed by atoms with Gasteiger partial charge >= 0.3 is 0 Å². The molecule has 182 valence electrons. The van der Waals surface area contributed by atoms with E-state index in [4.69, 9.17) is 30.2 Å². The van der Waals surface area contributed by atoms with Crippen molar-refractivity contribution in [2.24, 2.45) is 0 Å². The molecule has 0 bridgehead atoms. The lowest BCUT2D eigenvalue weighted by Gasteiger charge is -2.36. The number of hydrogen-bond donors (Lipinski definition) is 1. The van der Waals surface area contributed by atoms with Gasteiger partial charge in [-0.1, -0.05) is 11.6 Å². The van der Waals surface area contributed by atoms with Crippen molar-refractivity contribution < 1.29 is 23.7 Å². The maximum atomic E-state index is 12.9. The van der Waals surface area contributed by atoms with Gasteiger partial charge in [0.05, 0.1) is 17.6 Å².